The number of unbranched alkanes of at least 4 members (excludes halogenated alkanes) is 3. The molecule has 0 aromatic heterocycles. The molecule has 0 aromatic rings. The van der Waals surface area contributed by atoms with Crippen LogP contribution in [0.5, 0.6) is 0 Å². The van der Waals surface area contributed by atoms with Gasteiger partial charge in [0.25, 0.3) is 0 Å². The molecule has 3 unspecified atom stereocenters. The lowest BCUT2D eigenvalue weighted by molar-refractivity contribution is 0.212. The average molecular weight is 391 g/mol. The maximum atomic E-state index is 8.75. The van der Waals surface area contributed by atoms with Crippen LogP contribution in [0.4, 0.5) is 0 Å². The van der Waals surface area contributed by atoms with Crippen molar-refractivity contribution < 1.29 is 15.3 Å². The Morgan fingerprint density at radius 3 is 0.778 bits per heavy atom. The molecule has 3 heteroatoms. The molecule has 0 saturated carbocycles. The van der Waals surface area contributed by atoms with Crippen molar-refractivity contribution in [3.05, 3.63) is 0 Å². The summed E-state index contributed by atoms with van der Waals surface area (Å²) in [5.74, 6) is 1.68. The van der Waals surface area contributed by atoms with E-state index in [1.54, 1.807) is 0 Å². The van der Waals surface area contributed by atoms with Crippen LogP contribution in [0, 0.1) is 17.8 Å². The van der Waals surface area contributed by atoms with Crippen molar-refractivity contribution in [3.8, 4) is 0 Å². The summed E-state index contributed by atoms with van der Waals surface area (Å²) in [6, 6.07) is 0. The molecule has 3 N–H and O–H groups in total. The summed E-state index contributed by atoms with van der Waals surface area (Å²) < 4.78 is 0. The molecule has 0 spiro atoms. The van der Waals surface area contributed by atoms with E-state index < -0.39 is 0 Å². The molecule has 0 bridgehead atoms. The summed E-state index contributed by atoms with van der Waals surface area (Å²) in [5.41, 5.74) is 0. The quantitative estimate of drug-likeness (QED) is 0.296. The van der Waals surface area contributed by atoms with Crippen LogP contribution in [-0.4, -0.2) is 35.1 Å². The number of hydrogen-bond acceptors (Lipinski definition) is 3. The molecule has 0 saturated heterocycles. The van der Waals surface area contributed by atoms with Gasteiger partial charge in [-0.2, -0.15) is 0 Å². The van der Waals surface area contributed by atoms with Crippen LogP contribution >= 0.6 is 0 Å². The first-order valence-corrected chi connectivity index (χ1v) is 11.9. The average Bonchev–Trinajstić information content (AvgIpc) is 2.71. The zero-order chi connectivity index (χ0) is 21.3. The lowest BCUT2D eigenvalue weighted by Gasteiger charge is -2.08. The van der Waals surface area contributed by atoms with Gasteiger partial charge in [-0.25, -0.2) is 0 Å². The van der Waals surface area contributed by atoms with Crippen LogP contribution < -0.4 is 0 Å². The smallest absolute Gasteiger partial charge is 0.0459 e. The molecule has 3 atom stereocenters. The Balaban J connectivity index is -0.000000320. The number of aliphatic hydroxyl groups excluding tert-OH is 3. The fourth-order valence-corrected chi connectivity index (χ4v) is 2.75. The van der Waals surface area contributed by atoms with Gasteiger partial charge >= 0.3 is 0 Å². The van der Waals surface area contributed by atoms with Gasteiger partial charge in [-0.05, 0) is 37.0 Å². The van der Waals surface area contributed by atoms with Crippen LogP contribution in [-0.2, 0) is 0 Å². The molecule has 0 amide bonds. The molecule has 0 aliphatic carbocycles. The molecule has 3 nitrogen and oxygen atoms in total. The lowest BCUT2D eigenvalue weighted by Crippen LogP contribution is -2.03. The summed E-state index contributed by atoms with van der Waals surface area (Å²) in [7, 11) is 0. The van der Waals surface area contributed by atoms with Gasteiger partial charge < -0.3 is 15.3 Å². The Labute approximate surface area is 172 Å². The van der Waals surface area contributed by atoms with Crippen molar-refractivity contribution in [2.45, 2.75) is 119 Å². The molecule has 0 fully saturated rings. The highest BCUT2D eigenvalue weighted by atomic mass is 16.3. The molecule has 27 heavy (non-hydrogen) atoms. The first-order valence-electron chi connectivity index (χ1n) is 11.9. The lowest BCUT2D eigenvalue weighted by atomic mass is 10.0. The van der Waals surface area contributed by atoms with Crippen LogP contribution in [0.15, 0.2) is 0 Å². The third-order valence-electron chi connectivity index (χ3n) is 5.40. The van der Waals surface area contributed by atoms with E-state index in [9.17, 15) is 0 Å². The zero-order valence-corrected chi connectivity index (χ0v) is 19.7. The van der Waals surface area contributed by atoms with Crippen molar-refractivity contribution in [3.63, 3.8) is 0 Å². The van der Waals surface area contributed by atoms with Gasteiger partial charge in [-0.15, -0.1) is 0 Å². The maximum Gasteiger partial charge on any atom is 0.0459 e. The second-order valence-corrected chi connectivity index (χ2v) is 7.80. The van der Waals surface area contributed by atoms with Crippen molar-refractivity contribution in [1.82, 2.24) is 0 Å². The summed E-state index contributed by atoms with van der Waals surface area (Å²) >= 11 is 0. The monoisotopic (exact) mass is 390 g/mol. The standard InChI is InChI=1S/3C8H18O/c3*1-3-5-6-8(4-2)7-9/h3*8-9H,3-7H2,1-2H3. The van der Waals surface area contributed by atoms with Gasteiger partial charge in [0.05, 0.1) is 0 Å². The molecule has 0 aliphatic heterocycles. The van der Waals surface area contributed by atoms with Crippen molar-refractivity contribution >= 4 is 0 Å². The van der Waals surface area contributed by atoms with Gasteiger partial charge in [0, 0.05) is 19.8 Å². The van der Waals surface area contributed by atoms with E-state index in [-0.39, 0.29) is 0 Å². The maximum absolute atomic E-state index is 8.75. The van der Waals surface area contributed by atoms with E-state index in [0.29, 0.717) is 37.6 Å². The topological polar surface area (TPSA) is 60.7 Å². The predicted molar refractivity (Wildman–Crippen MR) is 121 cm³/mol. The van der Waals surface area contributed by atoms with E-state index >= 15 is 0 Å². The zero-order valence-electron chi connectivity index (χ0n) is 19.7. The molecular formula is C24H54O3. The van der Waals surface area contributed by atoms with Crippen LogP contribution in [0.25, 0.3) is 0 Å². The van der Waals surface area contributed by atoms with E-state index in [2.05, 4.69) is 41.5 Å². The molecule has 0 aromatic carbocycles. The van der Waals surface area contributed by atoms with Crippen LogP contribution in [0.3, 0.4) is 0 Å². The van der Waals surface area contributed by atoms with Crippen molar-refractivity contribution in [2.75, 3.05) is 19.8 Å². The van der Waals surface area contributed by atoms with Crippen molar-refractivity contribution in [1.29, 1.82) is 0 Å². The van der Waals surface area contributed by atoms with E-state index in [1.807, 2.05) is 0 Å². The van der Waals surface area contributed by atoms with Crippen LogP contribution in [0.1, 0.15) is 119 Å². The van der Waals surface area contributed by atoms with E-state index in [0.717, 1.165) is 19.3 Å². The van der Waals surface area contributed by atoms with Crippen molar-refractivity contribution in [2.24, 2.45) is 17.8 Å². The first kappa shape index (κ1) is 31.6. The number of rotatable bonds is 15. The minimum Gasteiger partial charge on any atom is -0.396 e. The molecule has 0 aliphatic rings. The summed E-state index contributed by atoms with van der Waals surface area (Å²) in [5, 5.41) is 26.3. The van der Waals surface area contributed by atoms with E-state index in [1.165, 1.54) is 57.8 Å². The van der Waals surface area contributed by atoms with Gasteiger partial charge in [-0.3, -0.25) is 0 Å². The predicted octanol–water partition coefficient (Wildman–Crippen LogP) is 6.59. The van der Waals surface area contributed by atoms with Gasteiger partial charge in [0.2, 0.25) is 0 Å². The third-order valence-corrected chi connectivity index (χ3v) is 5.40. The van der Waals surface area contributed by atoms with E-state index in [4.69, 9.17) is 15.3 Å². The minimum absolute atomic E-state index is 0.372. The molecular weight excluding hydrogens is 336 g/mol. The normalized spacial score (nSPS) is 13.7. The number of aliphatic hydroxyl groups is 3. The fourth-order valence-electron chi connectivity index (χ4n) is 2.75. The minimum atomic E-state index is 0.372. The fraction of sp³-hybridized carbons (Fsp3) is 1.00. The Kier molecular flexibility index (Phi) is 32.8. The number of hydrogen-bond donors (Lipinski definition) is 3. The molecule has 0 heterocycles. The Morgan fingerprint density at radius 2 is 0.667 bits per heavy atom. The largest absolute Gasteiger partial charge is 0.396 e. The highest BCUT2D eigenvalue weighted by Gasteiger charge is 2.02. The van der Waals surface area contributed by atoms with Gasteiger partial charge in [-0.1, -0.05) is 99.3 Å². The molecule has 168 valence electrons. The Morgan fingerprint density at radius 1 is 0.444 bits per heavy atom. The molecule has 0 rings (SSSR count). The highest BCUT2D eigenvalue weighted by Crippen LogP contribution is 2.11. The molecule has 0 radical (unpaired) electrons. The second-order valence-electron chi connectivity index (χ2n) is 7.80. The second kappa shape index (κ2) is 28.1. The first-order chi connectivity index (χ1) is 13.0. The Bertz CT molecular complexity index is 184. The summed E-state index contributed by atoms with van der Waals surface area (Å²) in [4.78, 5) is 0. The van der Waals surface area contributed by atoms with Crippen LogP contribution in [0.2, 0.25) is 0 Å². The third kappa shape index (κ3) is 25.9. The van der Waals surface area contributed by atoms with Gasteiger partial charge in [0.15, 0.2) is 0 Å². The summed E-state index contributed by atoms with van der Waals surface area (Å²) in [6.45, 7) is 14.1. The Hall–Kier alpha value is -0.120. The summed E-state index contributed by atoms with van der Waals surface area (Å²) in [6.07, 6.45) is 14.5. The van der Waals surface area contributed by atoms with Gasteiger partial charge in [0.1, 0.15) is 0 Å². The SMILES string of the molecule is CCCCC(CC)CO.CCCCC(CC)CO.CCCCC(CC)CO. The highest BCUT2D eigenvalue weighted by molar-refractivity contribution is 4.54.